The van der Waals surface area contributed by atoms with Crippen molar-refractivity contribution in [2.75, 3.05) is 13.1 Å². The molecule has 0 radical (unpaired) electrons. The van der Waals surface area contributed by atoms with E-state index in [0.717, 1.165) is 31.6 Å². The monoisotopic (exact) mass is 309 g/mol. The molecule has 1 saturated heterocycles. The van der Waals surface area contributed by atoms with Crippen LogP contribution in [0.2, 0.25) is 0 Å². The summed E-state index contributed by atoms with van der Waals surface area (Å²) in [5.41, 5.74) is 2.76. The number of amides is 1. The highest BCUT2D eigenvalue weighted by Gasteiger charge is 2.30. The van der Waals surface area contributed by atoms with Gasteiger partial charge in [0.15, 0.2) is 0 Å². The maximum atomic E-state index is 12.3. The average Bonchev–Trinajstić information content (AvgIpc) is 2.84. The molecule has 1 N–H and O–H groups in total. The summed E-state index contributed by atoms with van der Waals surface area (Å²) in [5, 5.41) is 3.69. The van der Waals surface area contributed by atoms with Crippen LogP contribution < -0.4 is 5.32 Å². The van der Waals surface area contributed by atoms with Gasteiger partial charge in [0, 0.05) is 35.5 Å². The lowest BCUT2D eigenvalue weighted by molar-refractivity contribution is -0.140. The zero-order valence-corrected chi connectivity index (χ0v) is 14.6. The maximum absolute atomic E-state index is 12.3. The second kappa shape index (κ2) is 6.44. The molecule has 0 spiro atoms. The first kappa shape index (κ1) is 16.4. The molecule has 1 aromatic rings. The Morgan fingerprint density at radius 3 is 2.52 bits per heavy atom. The Hall–Kier alpha value is -0.940. The van der Waals surface area contributed by atoms with Gasteiger partial charge in [0.05, 0.1) is 11.2 Å². The highest BCUT2D eigenvalue weighted by Crippen LogP contribution is 2.25. The summed E-state index contributed by atoms with van der Waals surface area (Å²) >= 11 is 1.72. The number of likely N-dealkylation sites (tertiary alicyclic amines) is 1. The van der Waals surface area contributed by atoms with Crippen LogP contribution in [0.15, 0.2) is 5.51 Å². The van der Waals surface area contributed by atoms with Crippen LogP contribution in [0.1, 0.15) is 57.1 Å². The number of nitrogens with one attached hydrogen (secondary N) is 1. The third-order valence-corrected chi connectivity index (χ3v) is 5.20. The highest BCUT2D eigenvalue weighted by molar-refractivity contribution is 7.09. The number of carbonyl (C=O) groups excluding carboxylic acids is 1. The Morgan fingerprint density at radius 2 is 2.05 bits per heavy atom. The molecule has 5 heteroatoms. The zero-order chi connectivity index (χ0) is 15.6. The minimum absolute atomic E-state index is 0.271. The number of aryl methyl sites for hydroxylation is 1. The number of carbonyl (C=O) groups is 1. The van der Waals surface area contributed by atoms with Gasteiger partial charge in [-0.15, -0.1) is 11.3 Å². The number of thiazole rings is 1. The standard InChI is InChI=1S/C16H27N3OS/c1-11-14(21-10-17-11)12(2)18-13-6-8-19(9-7-13)15(20)16(3,4)5/h10,12-13,18H,6-9H2,1-5H3. The van der Waals surface area contributed by atoms with E-state index in [2.05, 4.69) is 24.1 Å². The van der Waals surface area contributed by atoms with E-state index < -0.39 is 0 Å². The molecule has 1 aromatic heterocycles. The number of rotatable bonds is 3. The summed E-state index contributed by atoms with van der Waals surface area (Å²) in [6.07, 6.45) is 2.06. The van der Waals surface area contributed by atoms with E-state index in [-0.39, 0.29) is 11.3 Å². The number of nitrogens with zero attached hydrogens (tertiary/aromatic N) is 2. The van der Waals surface area contributed by atoms with Crippen molar-refractivity contribution >= 4 is 17.2 Å². The smallest absolute Gasteiger partial charge is 0.227 e. The molecule has 0 aliphatic carbocycles. The molecular weight excluding hydrogens is 282 g/mol. The van der Waals surface area contributed by atoms with Crippen LogP contribution in [0, 0.1) is 12.3 Å². The summed E-state index contributed by atoms with van der Waals surface area (Å²) < 4.78 is 0. The molecule has 1 aliphatic heterocycles. The summed E-state index contributed by atoms with van der Waals surface area (Å²) in [4.78, 5) is 19.9. The van der Waals surface area contributed by atoms with Crippen molar-refractivity contribution in [1.82, 2.24) is 15.2 Å². The number of hydrogen-bond acceptors (Lipinski definition) is 4. The Bertz CT molecular complexity index is 484. The fraction of sp³-hybridized carbons (Fsp3) is 0.750. The lowest BCUT2D eigenvalue weighted by atomic mass is 9.93. The van der Waals surface area contributed by atoms with Gasteiger partial charge in [-0.1, -0.05) is 20.8 Å². The van der Waals surface area contributed by atoms with E-state index in [1.54, 1.807) is 11.3 Å². The van der Waals surface area contributed by atoms with Crippen LogP contribution in [0.25, 0.3) is 0 Å². The molecule has 118 valence electrons. The zero-order valence-electron chi connectivity index (χ0n) is 13.8. The van der Waals surface area contributed by atoms with Gasteiger partial charge < -0.3 is 10.2 Å². The Labute approximate surface area is 132 Å². The van der Waals surface area contributed by atoms with E-state index in [1.165, 1.54) is 4.88 Å². The normalized spacial score (nSPS) is 18.8. The molecule has 4 nitrogen and oxygen atoms in total. The summed E-state index contributed by atoms with van der Waals surface area (Å²) in [7, 11) is 0. The Balaban J connectivity index is 1.85. The van der Waals surface area contributed by atoms with E-state index in [9.17, 15) is 4.79 Å². The Morgan fingerprint density at radius 1 is 1.43 bits per heavy atom. The molecule has 0 bridgehead atoms. The minimum Gasteiger partial charge on any atom is -0.342 e. The largest absolute Gasteiger partial charge is 0.342 e. The lowest BCUT2D eigenvalue weighted by Crippen LogP contribution is -2.48. The third-order valence-electron chi connectivity index (χ3n) is 4.09. The van der Waals surface area contributed by atoms with E-state index in [0.29, 0.717) is 12.1 Å². The first-order valence-corrected chi connectivity index (χ1v) is 8.62. The molecule has 0 aromatic carbocycles. The van der Waals surface area contributed by atoms with Crippen LogP contribution in [-0.4, -0.2) is 34.9 Å². The lowest BCUT2D eigenvalue weighted by Gasteiger charge is -2.37. The number of piperidine rings is 1. The van der Waals surface area contributed by atoms with Crippen LogP contribution in [0.3, 0.4) is 0 Å². The first-order chi connectivity index (χ1) is 9.79. The molecule has 21 heavy (non-hydrogen) atoms. The number of aromatic nitrogens is 1. The molecule has 1 fully saturated rings. The van der Waals surface area contributed by atoms with Crippen LogP contribution >= 0.6 is 11.3 Å². The predicted molar refractivity (Wildman–Crippen MR) is 87.5 cm³/mol. The van der Waals surface area contributed by atoms with Crippen molar-refractivity contribution in [3.63, 3.8) is 0 Å². The molecule has 0 saturated carbocycles. The molecule has 2 heterocycles. The van der Waals surface area contributed by atoms with Crippen LogP contribution in [-0.2, 0) is 4.79 Å². The van der Waals surface area contributed by atoms with Gasteiger partial charge in [-0.3, -0.25) is 4.79 Å². The third kappa shape index (κ3) is 4.04. The van der Waals surface area contributed by atoms with Crippen molar-refractivity contribution in [3.05, 3.63) is 16.1 Å². The van der Waals surface area contributed by atoms with Crippen LogP contribution in [0.5, 0.6) is 0 Å². The summed E-state index contributed by atoms with van der Waals surface area (Å²) in [6, 6.07) is 0.831. The fourth-order valence-corrected chi connectivity index (χ4v) is 3.70. The first-order valence-electron chi connectivity index (χ1n) is 7.74. The van der Waals surface area contributed by atoms with Crippen LogP contribution in [0.4, 0.5) is 0 Å². The molecule has 1 amide bonds. The second-order valence-corrected chi connectivity index (χ2v) is 7.89. The second-order valence-electron chi connectivity index (χ2n) is 7.01. The van der Waals surface area contributed by atoms with Crippen molar-refractivity contribution in [3.8, 4) is 0 Å². The molecule has 1 unspecified atom stereocenters. The fourth-order valence-electron chi connectivity index (χ4n) is 2.88. The molecule has 2 rings (SSSR count). The van der Waals surface area contributed by atoms with Gasteiger partial charge >= 0.3 is 0 Å². The van der Waals surface area contributed by atoms with Crippen molar-refractivity contribution in [2.45, 2.75) is 59.5 Å². The average molecular weight is 309 g/mol. The predicted octanol–water partition coefficient (Wildman–Crippen LogP) is 3.14. The van der Waals surface area contributed by atoms with E-state index in [1.807, 2.05) is 31.2 Å². The number of hydrogen-bond donors (Lipinski definition) is 1. The quantitative estimate of drug-likeness (QED) is 0.933. The minimum atomic E-state index is -0.271. The van der Waals surface area contributed by atoms with Crippen molar-refractivity contribution in [1.29, 1.82) is 0 Å². The SMILES string of the molecule is Cc1ncsc1C(C)NC1CCN(C(=O)C(C)(C)C)CC1. The van der Waals surface area contributed by atoms with Gasteiger partial charge in [-0.05, 0) is 26.7 Å². The maximum Gasteiger partial charge on any atom is 0.227 e. The van der Waals surface area contributed by atoms with Gasteiger partial charge in [0.25, 0.3) is 0 Å². The topological polar surface area (TPSA) is 45.2 Å². The molecule has 1 aliphatic rings. The molecule has 1 atom stereocenters. The van der Waals surface area contributed by atoms with Crippen molar-refractivity contribution in [2.24, 2.45) is 5.41 Å². The summed E-state index contributed by atoms with van der Waals surface area (Å²) in [5.74, 6) is 0.271. The van der Waals surface area contributed by atoms with Gasteiger partial charge in [-0.2, -0.15) is 0 Å². The van der Waals surface area contributed by atoms with Gasteiger partial charge in [0.2, 0.25) is 5.91 Å². The van der Waals surface area contributed by atoms with E-state index >= 15 is 0 Å². The van der Waals surface area contributed by atoms with E-state index in [4.69, 9.17) is 0 Å². The van der Waals surface area contributed by atoms with Crippen molar-refractivity contribution < 1.29 is 4.79 Å². The Kier molecular flexibility index (Phi) is 5.04. The highest BCUT2D eigenvalue weighted by atomic mass is 32.1. The van der Waals surface area contributed by atoms with Gasteiger partial charge in [-0.25, -0.2) is 4.98 Å². The van der Waals surface area contributed by atoms with Gasteiger partial charge in [0.1, 0.15) is 0 Å². The summed E-state index contributed by atoms with van der Waals surface area (Å²) in [6.45, 7) is 12.0. The molecular formula is C16H27N3OS.